The number of unbranched alkanes of at least 4 members (excludes halogenated alkanes) is 4. The molecule has 2 aromatic rings. The smallest absolute Gasteiger partial charge is 0.337 e. The zero-order valence-corrected chi connectivity index (χ0v) is 22.7. The van der Waals surface area contributed by atoms with Gasteiger partial charge in [-0.2, -0.15) is 0 Å². The minimum Gasteiger partial charge on any atom is -0.465 e. The van der Waals surface area contributed by atoms with Gasteiger partial charge in [0.25, 0.3) is 5.91 Å². The molecule has 1 aromatic carbocycles. The van der Waals surface area contributed by atoms with Crippen molar-refractivity contribution in [1.29, 1.82) is 0 Å². The number of aromatic nitrogens is 2. The number of ether oxygens (including phenoxy) is 1. The van der Waals surface area contributed by atoms with Gasteiger partial charge in [-0.05, 0) is 43.0 Å². The molecule has 0 spiro atoms. The first-order valence-electron chi connectivity index (χ1n) is 13.5. The lowest BCUT2D eigenvalue weighted by Gasteiger charge is -2.17. The third-order valence-electron chi connectivity index (χ3n) is 6.66. The van der Waals surface area contributed by atoms with E-state index in [1.54, 1.807) is 23.2 Å². The molecule has 0 N–H and O–H groups in total. The molecular weight excluding hydrogens is 468 g/mol. The molecule has 0 radical (unpaired) electrons. The fraction of sp³-hybridized carbons (Fsp3) is 0.517. The summed E-state index contributed by atoms with van der Waals surface area (Å²) in [6.07, 6.45) is 11.1. The molecule has 0 unspecified atom stereocenters. The molecule has 37 heavy (non-hydrogen) atoms. The minimum absolute atomic E-state index is 0.225. The van der Waals surface area contributed by atoms with Gasteiger partial charge in [-0.3, -0.25) is 14.6 Å². The predicted octanol–water partition coefficient (Wildman–Crippen LogP) is 5.66. The summed E-state index contributed by atoms with van der Waals surface area (Å²) in [5, 5.41) is 0. The van der Waals surface area contributed by atoms with Crippen molar-refractivity contribution in [3.8, 4) is 0 Å². The summed E-state index contributed by atoms with van der Waals surface area (Å²) in [5.41, 5.74) is 2.70. The van der Waals surface area contributed by atoms with E-state index in [1.807, 2.05) is 18.2 Å². The fourth-order valence-electron chi connectivity index (χ4n) is 4.43. The number of carbonyl (C=O) groups excluding carboxylic acids is 3. The lowest BCUT2D eigenvalue weighted by Crippen LogP contribution is -2.34. The number of esters is 1. The summed E-state index contributed by atoms with van der Waals surface area (Å²) < 4.78 is 6.91. The Bertz CT molecular complexity index is 1100. The summed E-state index contributed by atoms with van der Waals surface area (Å²) in [4.78, 5) is 46.1. The maximum absolute atomic E-state index is 13.4. The van der Waals surface area contributed by atoms with Crippen molar-refractivity contribution in [1.82, 2.24) is 19.4 Å². The standard InChI is InChI=1S/C29H40N4O4/c1-5-8-11-18-31-25(27(34)32(29(31)36)17-10-7-3)19-24-20-30-26(12-9-6-2)33(24)21-22-13-15-23(16-14-22)28(35)37-4/h13-16,19-20H,5-12,17-18,21H2,1-4H3. The van der Waals surface area contributed by atoms with E-state index in [0.717, 1.165) is 68.4 Å². The number of imidazole rings is 1. The van der Waals surface area contributed by atoms with Crippen molar-refractivity contribution >= 4 is 24.0 Å². The van der Waals surface area contributed by atoms with Gasteiger partial charge >= 0.3 is 12.0 Å². The highest BCUT2D eigenvalue weighted by Crippen LogP contribution is 2.26. The number of imide groups is 1. The highest BCUT2D eigenvalue weighted by atomic mass is 16.5. The van der Waals surface area contributed by atoms with E-state index >= 15 is 0 Å². The second kappa shape index (κ2) is 13.8. The molecule has 0 bridgehead atoms. The lowest BCUT2D eigenvalue weighted by molar-refractivity contribution is -0.123. The largest absolute Gasteiger partial charge is 0.465 e. The van der Waals surface area contributed by atoms with Crippen molar-refractivity contribution in [2.24, 2.45) is 0 Å². The van der Waals surface area contributed by atoms with Gasteiger partial charge in [0.15, 0.2) is 0 Å². The zero-order chi connectivity index (χ0) is 26.8. The second-order valence-corrected chi connectivity index (χ2v) is 9.46. The Morgan fingerprint density at radius 3 is 2.24 bits per heavy atom. The summed E-state index contributed by atoms with van der Waals surface area (Å²) in [5.74, 6) is 0.326. The normalized spacial score (nSPS) is 14.8. The van der Waals surface area contributed by atoms with E-state index in [1.165, 1.54) is 12.0 Å². The van der Waals surface area contributed by atoms with Gasteiger partial charge in [0.2, 0.25) is 0 Å². The van der Waals surface area contributed by atoms with Crippen molar-refractivity contribution in [3.63, 3.8) is 0 Å². The van der Waals surface area contributed by atoms with Crippen LogP contribution < -0.4 is 0 Å². The first-order valence-corrected chi connectivity index (χ1v) is 13.5. The quantitative estimate of drug-likeness (QED) is 0.142. The van der Waals surface area contributed by atoms with Crippen LogP contribution in [-0.4, -0.2) is 57.5 Å². The number of hydrogen-bond donors (Lipinski definition) is 0. The number of aryl methyl sites for hydroxylation is 1. The van der Waals surface area contributed by atoms with Crippen molar-refractivity contribution in [2.75, 3.05) is 20.2 Å². The number of amides is 3. The van der Waals surface area contributed by atoms with Gasteiger partial charge in [-0.25, -0.2) is 14.6 Å². The number of methoxy groups -OCH3 is 1. The minimum atomic E-state index is -0.372. The van der Waals surface area contributed by atoms with Crippen LogP contribution in [0.3, 0.4) is 0 Å². The Balaban J connectivity index is 1.97. The van der Waals surface area contributed by atoms with Crippen LogP contribution in [0.15, 0.2) is 36.2 Å². The van der Waals surface area contributed by atoms with Crippen LogP contribution in [-0.2, 0) is 22.5 Å². The van der Waals surface area contributed by atoms with Crippen molar-refractivity contribution in [3.05, 3.63) is 58.8 Å². The van der Waals surface area contributed by atoms with Gasteiger partial charge in [-0.1, -0.05) is 58.6 Å². The first-order chi connectivity index (χ1) is 17.9. The molecule has 1 saturated heterocycles. The maximum atomic E-state index is 13.4. The Hall–Kier alpha value is -3.42. The topological polar surface area (TPSA) is 84.7 Å². The molecular formula is C29H40N4O4. The summed E-state index contributed by atoms with van der Waals surface area (Å²) in [6.45, 7) is 7.81. The van der Waals surface area contributed by atoms with Gasteiger partial charge in [0, 0.05) is 26.1 Å². The average Bonchev–Trinajstić information content (AvgIpc) is 3.38. The van der Waals surface area contributed by atoms with Crippen molar-refractivity contribution in [2.45, 2.75) is 78.7 Å². The monoisotopic (exact) mass is 508 g/mol. The summed E-state index contributed by atoms with van der Waals surface area (Å²) in [7, 11) is 1.37. The number of benzene rings is 1. The molecule has 8 nitrogen and oxygen atoms in total. The van der Waals surface area contributed by atoms with E-state index in [0.29, 0.717) is 30.9 Å². The SMILES string of the molecule is CCCCCN1C(=O)N(CCCC)C(=O)C1=Cc1cnc(CCCC)n1Cc1ccc(C(=O)OC)cc1. The molecule has 0 atom stereocenters. The molecule has 2 heterocycles. The summed E-state index contributed by atoms with van der Waals surface area (Å²) >= 11 is 0. The maximum Gasteiger partial charge on any atom is 0.337 e. The van der Waals surface area contributed by atoms with Gasteiger partial charge < -0.3 is 9.30 Å². The Kier molecular flexibility index (Phi) is 10.5. The number of hydrogen-bond acceptors (Lipinski definition) is 5. The van der Waals surface area contributed by atoms with Crippen LogP contribution in [0, 0.1) is 0 Å². The van der Waals surface area contributed by atoms with Crippen LogP contribution in [0.1, 0.15) is 93.2 Å². The second-order valence-electron chi connectivity index (χ2n) is 9.46. The van der Waals surface area contributed by atoms with E-state index in [4.69, 9.17) is 4.74 Å². The Morgan fingerprint density at radius 2 is 1.59 bits per heavy atom. The lowest BCUT2D eigenvalue weighted by atomic mass is 10.1. The van der Waals surface area contributed by atoms with Gasteiger partial charge in [-0.15, -0.1) is 0 Å². The third kappa shape index (κ3) is 6.87. The van der Waals surface area contributed by atoms with Gasteiger partial charge in [0.1, 0.15) is 11.5 Å². The molecule has 8 heteroatoms. The highest BCUT2D eigenvalue weighted by molar-refractivity contribution is 6.13. The fourth-order valence-corrected chi connectivity index (χ4v) is 4.43. The average molecular weight is 509 g/mol. The van der Waals surface area contributed by atoms with Crippen LogP contribution in [0.25, 0.3) is 6.08 Å². The number of urea groups is 1. The number of nitrogens with zero attached hydrogens (tertiary/aromatic N) is 4. The number of carbonyl (C=O) groups is 3. The van der Waals surface area contributed by atoms with E-state index in [2.05, 4.69) is 30.3 Å². The molecule has 1 aromatic heterocycles. The van der Waals surface area contributed by atoms with Crippen molar-refractivity contribution < 1.29 is 19.1 Å². The molecule has 1 aliphatic rings. The Labute approximate surface area is 220 Å². The molecule has 1 aliphatic heterocycles. The van der Waals surface area contributed by atoms with E-state index in [-0.39, 0.29) is 17.9 Å². The summed E-state index contributed by atoms with van der Waals surface area (Å²) in [6, 6.07) is 7.09. The Morgan fingerprint density at radius 1 is 0.919 bits per heavy atom. The molecule has 0 saturated carbocycles. The molecule has 3 rings (SSSR count). The first kappa shape index (κ1) is 28.2. The van der Waals surface area contributed by atoms with Crippen LogP contribution in [0.4, 0.5) is 4.79 Å². The molecule has 3 amide bonds. The van der Waals surface area contributed by atoms with Crippen LogP contribution in [0.2, 0.25) is 0 Å². The third-order valence-corrected chi connectivity index (χ3v) is 6.66. The highest BCUT2D eigenvalue weighted by Gasteiger charge is 2.40. The zero-order valence-electron chi connectivity index (χ0n) is 22.7. The molecule has 200 valence electrons. The van der Waals surface area contributed by atoms with E-state index in [9.17, 15) is 14.4 Å². The van der Waals surface area contributed by atoms with Gasteiger partial charge in [0.05, 0.1) is 24.6 Å². The van der Waals surface area contributed by atoms with Crippen LogP contribution >= 0.6 is 0 Å². The number of rotatable bonds is 14. The predicted molar refractivity (Wildman–Crippen MR) is 144 cm³/mol. The molecule has 0 aliphatic carbocycles. The van der Waals surface area contributed by atoms with E-state index < -0.39 is 0 Å². The molecule has 1 fully saturated rings. The van der Waals surface area contributed by atoms with Crippen LogP contribution in [0.5, 0.6) is 0 Å².